The van der Waals surface area contributed by atoms with E-state index in [0.29, 0.717) is 0 Å². The zero-order valence-electron chi connectivity index (χ0n) is 12.0. The van der Waals surface area contributed by atoms with Crippen LogP contribution in [0.25, 0.3) is 10.8 Å². The van der Waals surface area contributed by atoms with E-state index in [0.717, 1.165) is 28.1 Å². The highest BCUT2D eigenvalue weighted by molar-refractivity contribution is 7.14. The van der Waals surface area contributed by atoms with E-state index in [1.165, 1.54) is 5.56 Å². The fourth-order valence-electron chi connectivity index (χ4n) is 2.20. The lowest BCUT2D eigenvalue weighted by molar-refractivity contribution is 0.547. The van der Waals surface area contributed by atoms with Crippen LogP contribution in [-0.4, -0.2) is 16.7 Å². The SMILES string of the molecule is CCNC(c1ccccc1)c1nnc(-c2ccc(C)o2)s1. The first kappa shape index (κ1) is 14.0. The minimum Gasteiger partial charge on any atom is -0.459 e. The van der Waals surface area contributed by atoms with Crippen molar-refractivity contribution in [2.75, 3.05) is 6.54 Å². The first-order valence-corrected chi connectivity index (χ1v) is 7.78. The smallest absolute Gasteiger partial charge is 0.183 e. The molecule has 0 amide bonds. The van der Waals surface area contributed by atoms with Crippen molar-refractivity contribution < 1.29 is 4.42 Å². The fourth-order valence-corrected chi connectivity index (χ4v) is 3.11. The summed E-state index contributed by atoms with van der Waals surface area (Å²) >= 11 is 1.56. The number of hydrogen-bond acceptors (Lipinski definition) is 5. The Labute approximate surface area is 127 Å². The van der Waals surface area contributed by atoms with E-state index in [-0.39, 0.29) is 6.04 Å². The summed E-state index contributed by atoms with van der Waals surface area (Å²) in [5.41, 5.74) is 1.19. The molecule has 1 atom stereocenters. The lowest BCUT2D eigenvalue weighted by atomic mass is 10.1. The summed E-state index contributed by atoms with van der Waals surface area (Å²) in [6, 6.07) is 14.2. The molecule has 3 rings (SSSR count). The van der Waals surface area contributed by atoms with Gasteiger partial charge in [0.1, 0.15) is 10.8 Å². The van der Waals surface area contributed by atoms with Crippen LogP contribution in [-0.2, 0) is 0 Å². The van der Waals surface area contributed by atoms with Crippen molar-refractivity contribution in [1.82, 2.24) is 15.5 Å². The molecule has 0 radical (unpaired) electrons. The van der Waals surface area contributed by atoms with Crippen LogP contribution in [0.3, 0.4) is 0 Å². The minimum atomic E-state index is 0.0681. The Morgan fingerprint density at radius 1 is 1.14 bits per heavy atom. The van der Waals surface area contributed by atoms with Crippen LogP contribution in [0.1, 0.15) is 29.3 Å². The zero-order valence-corrected chi connectivity index (χ0v) is 12.9. The standard InChI is InChI=1S/C16H17N3OS/c1-3-17-14(12-7-5-4-6-8-12)16-19-18-15(21-16)13-10-9-11(2)20-13/h4-10,14,17H,3H2,1-2H3. The van der Waals surface area contributed by atoms with E-state index >= 15 is 0 Å². The topological polar surface area (TPSA) is 51.0 Å². The Morgan fingerprint density at radius 3 is 2.62 bits per heavy atom. The number of nitrogens with one attached hydrogen (secondary N) is 1. The van der Waals surface area contributed by atoms with E-state index in [9.17, 15) is 0 Å². The van der Waals surface area contributed by atoms with E-state index in [1.807, 2.05) is 37.3 Å². The highest BCUT2D eigenvalue weighted by atomic mass is 32.1. The molecule has 0 aliphatic carbocycles. The van der Waals surface area contributed by atoms with E-state index in [4.69, 9.17) is 4.42 Å². The zero-order chi connectivity index (χ0) is 14.7. The molecule has 2 aromatic heterocycles. The molecule has 108 valence electrons. The number of aryl methyl sites for hydroxylation is 1. The Morgan fingerprint density at radius 2 is 1.95 bits per heavy atom. The molecule has 4 nitrogen and oxygen atoms in total. The number of nitrogens with zero attached hydrogens (tertiary/aromatic N) is 2. The summed E-state index contributed by atoms with van der Waals surface area (Å²) in [4.78, 5) is 0. The molecule has 5 heteroatoms. The fraction of sp³-hybridized carbons (Fsp3) is 0.250. The first-order chi connectivity index (χ1) is 10.3. The molecule has 0 aliphatic rings. The number of rotatable bonds is 5. The van der Waals surface area contributed by atoms with Gasteiger partial charge < -0.3 is 9.73 Å². The largest absolute Gasteiger partial charge is 0.459 e. The molecule has 3 aromatic rings. The summed E-state index contributed by atoms with van der Waals surface area (Å²) in [6.45, 7) is 4.89. The van der Waals surface area contributed by atoms with Gasteiger partial charge in [0, 0.05) is 0 Å². The summed E-state index contributed by atoms with van der Waals surface area (Å²) in [5, 5.41) is 13.8. The minimum absolute atomic E-state index is 0.0681. The van der Waals surface area contributed by atoms with E-state index in [1.54, 1.807) is 11.3 Å². The maximum atomic E-state index is 5.62. The molecule has 1 unspecified atom stereocenters. The van der Waals surface area contributed by atoms with Crippen LogP contribution in [0.5, 0.6) is 0 Å². The third-order valence-electron chi connectivity index (χ3n) is 3.18. The maximum absolute atomic E-state index is 5.62. The van der Waals surface area contributed by atoms with Crippen LogP contribution in [0.15, 0.2) is 46.9 Å². The van der Waals surface area contributed by atoms with Crippen molar-refractivity contribution in [3.8, 4) is 10.8 Å². The highest BCUT2D eigenvalue weighted by Gasteiger charge is 2.19. The molecule has 1 aromatic carbocycles. The molecule has 0 saturated heterocycles. The predicted octanol–water partition coefficient (Wildman–Crippen LogP) is 3.81. The number of benzene rings is 1. The molecule has 0 saturated carbocycles. The van der Waals surface area contributed by atoms with Crippen molar-refractivity contribution >= 4 is 11.3 Å². The Bertz CT molecular complexity index is 705. The average molecular weight is 299 g/mol. The molecule has 0 fully saturated rings. The lowest BCUT2D eigenvalue weighted by Gasteiger charge is -2.14. The quantitative estimate of drug-likeness (QED) is 0.778. The predicted molar refractivity (Wildman–Crippen MR) is 84.3 cm³/mol. The number of hydrogen-bond donors (Lipinski definition) is 1. The molecule has 0 aliphatic heterocycles. The van der Waals surface area contributed by atoms with Crippen molar-refractivity contribution in [3.63, 3.8) is 0 Å². The van der Waals surface area contributed by atoms with Crippen molar-refractivity contribution in [3.05, 3.63) is 58.8 Å². The molecule has 21 heavy (non-hydrogen) atoms. The van der Waals surface area contributed by atoms with Crippen molar-refractivity contribution in [1.29, 1.82) is 0 Å². The third-order valence-corrected chi connectivity index (χ3v) is 4.18. The molecule has 2 heterocycles. The van der Waals surface area contributed by atoms with Crippen molar-refractivity contribution in [2.45, 2.75) is 19.9 Å². The second-order valence-corrected chi connectivity index (χ2v) is 5.77. The van der Waals surface area contributed by atoms with Gasteiger partial charge in [-0.2, -0.15) is 0 Å². The third kappa shape index (κ3) is 3.04. The second kappa shape index (κ2) is 6.20. The Balaban J connectivity index is 1.92. The first-order valence-electron chi connectivity index (χ1n) is 6.96. The van der Waals surface area contributed by atoms with Gasteiger partial charge >= 0.3 is 0 Å². The number of aromatic nitrogens is 2. The van der Waals surface area contributed by atoms with Crippen LogP contribution in [0.4, 0.5) is 0 Å². The second-order valence-electron chi connectivity index (χ2n) is 4.76. The van der Waals surface area contributed by atoms with Gasteiger partial charge in [-0.3, -0.25) is 0 Å². The van der Waals surface area contributed by atoms with Gasteiger partial charge in [0.15, 0.2) is 10.8 Å². The lowest BCUT2D eigenvalue weighted by Crippen LogP contribution is -2.21. The molecular formula is C16H17N3OS. The van der Waals surface area contributed by atoms with Gasteiger partial charge in [0.25, 0.3) is 0 Å². The van der Waals surface area contributed by atoms with Crippen LogP contribution < -0.4 is 5.32 Å². The molecule has 0 bridgehead atoms. The van der Waals surface area contributed by atoms with Gasteiger partial charge in [0.05, 0.1) is 6.04 Å². The van der Waals surface area contributed by atoms with Crippen molar-refractivity contribution in [2.24, 2.45) is 0 Å². The highest BCUT2D eigenvalue weighted by Crippen LogP contribution is 2.30. The van der Waals surface area contributed by atoms with Gasteiger partial charge in [-0.25, -0.2) is 0 Å². The average Bonchev–Trinajstić information content (AvgIpc) is 3.14. The monoisotopic (exact) mass is 299 g/mol. The summed E-state index contributed by atoms with van der Waals surface area (Å²) in [5.74, 6) is 1.66. The van der Waals surface area contributed by atoms with Gasteiger partial charge in [0.2, 0.25) is 0 Å². The van der Waals surface area contributed by atoms with E-state index < -0.39 is 0 Å². The van der Waals surface area contributed by atoms with Crippen LogP contribution >= 0.6 is 11.3 Å². The normalized spacial score (nSPS) is 12.5. The summed E-state index contributed by atoms with van der Waals surface area (Å²) in [6.07, 6.45) is 0. The summed E-state index contributed by atoms with van der Waals surface area (Å²) < 4.78 is 5.62. The number of furan rings is 1. The van der Waals surface area contributed by atoms with E-state index in [2.05, 4.69) is 34.6 Å². The molecule has 1 N–H and O–H groups in total. The van der Waals surface area contributed by atoms with Gasteiger partial charge in [-0.1, -0.05) is 48.6 Å². The van der Waals surface area contributed by atoms with Crippen LogP contribution in [0.2, 0.25) is 0 Å². The van der Waals surface area contributed by atoms with Gasteiger partial charge in [-0.15, -0.1) is 10.2 Å². The maximum Gasteiger partial charge on any atom is 0.183 e. The Kier molecular flexibility index (Phi) is 4.13. The molecular weight excluding hydrogens is 282 g/mol. The Hall–Kier alpha value is -1.98. The van der Waals surface area contributed by atoms with Gasteiger partial charge in [-0.05, 0) is 31.2 Å². The molecule has 0 spiro atoms. The van der Waals surface area contributed by atoms with Crippen LogP contribution in [0, 0.1) is 6.92 Å². The summed E-state index contributed by atoms with van der Waals surface area (Å²) in [7, 11) is 0.